The zero-order valence-electron chi connectivity index (χ0n) is 15.7. The van der Waals surface area contributed by atoms with E-state index in [4.69, 9.17) is 15.7 Å². The van der Waals surface area contributed by atoms with Crippen molar-refractivity contribution in [3.8, 4) is 17.1 Å². The standard InChI is InChI=1S/C20H17N7O3/c21-17(28)11-3-1-2-10(6-11)14-8-16(23-13-4-5-13)27-18(24-14)12(9-22-27)7-15-19(29)26-20(30)25-15/h1-3,6-9,13,29H,4-5H2,(H2,21,28)(H2,25,26,30). The fraction of sp³-hybridized carbons (Fsp3) is 0.150. The Balaban J connectivity index is 1.77. The molecule has 3 aromatic heterocycles. The van der Waals surface area contributed by atoms with Gasteiger partial charge in [-0.25, -0.2) is 9.78 Å². The van der Waals surface area contributed by atoms with Gasteiger partial charge in [-0.2, -0.15) is 9.61 Å². The fourth-order valence-corrected chi connectivity index (χ4v) is 3.18. The van der Waals surface area contributed by atoms with Crippen LogP contribution in [0.5, 0.6) is 5.88 Å². The lowest BCUT2D eigenvalue weighted by Gasteiger charge is -2.04. The van der Waals surface area contributed by atoms with Crippen molar-refractivity contribution in [1.29, 1.82) is 0 Å². The number of carbonyl (C=O) groups excluding carboxylic acids is 1. The van der Waals surface area contributed by atoms with Gasteiger partial charge in [0, 0.05) is 22.4 Å². The van der Waals surface area contributed by atoms with Crippen LogP contribution in [0.2, 0.25) is 0 Å². The molecule has 3 heterocycles. The van der Waals surface area contributed by atoms with E-state index in [1.165, 1.54) is 0 Å². The van der Waals surface area contributed by atoms with E-state index in [0.29, 0.717) is 33.2 Å². The van der Waals surface area contributed by atoms with Crippen molar-refractivity contribution in [3.05, 3.63) is 69.0 Å². The third-order valence-corrected chi connectivity index (χ3v) is 4.82. The molecule has 0 atom stereocenters. The van der Waals surface area contributed by atoms with Crippen molar-refractivity contribution in [2.75, 3.05) is 0 Å². The SMILES string of the molecule is NC(=O)c1cccc(-c2cc(=NC3CC3)n3ncc(=Cc4[nH]c(=O)[nH]c4O)c3n2)c1. The Labute approximate surface area is 168 Å². The highest BCUT2D eigenvalue weighted by Gasteiger charge is 2.20. The van der Waals surface area contributed by atoms with E-state index in [1.807, 2.05) is 12.1 Å². The van der Waals surface area contributed by atoms with Crippen LogP contribution < -0.4 is 22.1 Å². The van der Waals surface area contributed by atoms with Gasteiger partial charge in [-0.3, -0.25) is 14.8 Å². The predicted octanol–water partition coefficient (Wildman–Crippen LogP) is -0.172. The summed E-state index contributed by atoms with van der Waals surface area (Å²) >= 11 is 0. The number of amides is 1. The first kappa shape index (κ1) is 17.9. The Morgan fingerprint density at radius 1 is 1.30 bits per heavy atom. The first-order valence-electron chi connectivity index (χ1n) is 9.34. The van der Waals surface area contributed by atoms with Gasteiger partial charge >= 0.3 is 5.69 Å². The van der Waals surface area contributed by atoms with Gasteiger partial charge in [-0.05, 0) is 31.1 Å². The topological polar surface area (TPSA) is 155 Å². The number of H-pyrrole nitrogens is 2. The molecule has 10 nitrogen and oxygen atoms in total. The number of carbonyl (C=O) groups is 1. The molecule has 0 aliphatic heterocycles. The first-order valence-corrected chi connectivity index (χ1v) is 9.34. The predicted molar refractivity (Wildman–Crippen MR) is 107 cm³/mol. The molecule has 1 fully saturated rings. The van der Waals surface area contributed by atoms with Crippen LogP contribution in [0.1, 0.15) is 28.9 Å². The number of aromatic amines is 2. The summed E-state index contributed by atoms with van der Waals surface area (Å²) in [7, 11) is 0. The van der Waals surface area contributed by atoms with Crippen molar-refractivity contribution in [2.24, 2.45) is 10.7 Å². The minimum absolute atomic E-state index is 0.221. The molecule has 10 heteroatoms. The summed E-state index contributed by atoms with van der Waals surface area (Å²) < 4.78 is 1.62. The quantitative estimate of drug-likeness (QED) is 0.372. The summed E-state index contributed by atoms with van der Waals surface area (Å²) in [5.74, 6) is -0.793. The van der Waals surface area contributed by atoms with E-state index in [2.05, 4.69) is 15.1 Å². The number of primary amides is 1. The highest BCUT2D eigenvalue weighted by Crippen LogP contribution is 2.23. The maximum absolute atomic E-state index is 11.6. The molecule has 4 aromatic rings. The average molecular weight is 403 g/mol. The molecule has 0 spiro atoms. The lowest BCUT2D eigenvalue weighted by Crippen LogP contribution is -2.19. The van der Waals surface area contributed by atoms with Crippen molar-refractivity contribution >= 4 is 17.6 Å². The summed E-state index contributed by atoms with van der Waals surface area (Å²) in [5, 5.41) is 14.8. The monoisotopic (exact) mass is 403 g/mol. The summed E-state index contributed by atoms with van der Waals surface area (Å²) in [6.45, 7) is 0. The molecule has 0 radical (unpaired) electrons. The number of nitrogens with one attached hydrogen (secondary N) is 2. The number of nitrogens with zero attached hydrogens (tertiary/aromatic N) is 4. The van der Waals surface area contributed by atoms with E-state index >= 15 is 0 Å². The second kappa shape index (κ2) is 6.69. The second-order valence-electron chi connectivity index (χ2n) is 7.13. The van der Waals surface area contributed by atoms with Gasteiger partial charge in [0.1, 0.15) is 5.69 Å². The zero-order chi connectivity index (χ0) is 20.8. The highest BCUT2D eigenvalue weighted by atomic mass is 16.3. The molecule has 1 amide bonds. The van der Waals surface area contributed by atoms with Gasteiger partial charge in [-0.1, -0.05) is 12.1 Å². The van der Waals surface area contributed by atoms with Crippen LogP contribution in [0.25, 0.3) is 23.0 Å². The third-order valence-electron chi connectivity index (χ3n) is 4.82. The minimum Gasteiger partial charge on any atom is -0.493 e. The van der Waals surface area contributed by atoms with Crippen LogP contribution in [0.15, 0.2) is 46.3 Å². The Hall–Kier alpha value is -4.21. The number of hydrogen-bond acceptors (Lipinski definition) is 6. The normalized spacial score (nSPS) is 15.2. The molecule has 0 unspecified atom stereocenters. The lowest BCUT2D eigenvalue weighted by molar-refractivity contribution is 0.100. The Kier molecular flexibility index (Phi) is 3.98. The number of rotatable bonds is 4. The van der Waals surface area contributed by atoms with Gasteiger partial charge in [0.15, 0.2) is 11.1 Å². The average Bonchev–Trinajstić information content (AvgIpc) is 3.36. The summed E-state index contributed by atoms with van der Waals surface area (Å²) in [6.07, 6.45) is 5.21. The van der Waals surface area contributed by atoms with Crippen LogP contribution in [0.4, 0.5) is 0 Å². The second-order valence-corrected chi connectivity index (χ2v) is 7.13. The molecule has 150 valence electrons. The largest absolute Gasteiger partial charge is 0.493 e. The van der Waals surface area contributed by atoms with E-state index < -0.39 is 11.6 Å². The van der Waals surface area contributed by atoms with Gasteiger partial charge in [0.25, 0.3) is 0 Å². The summed E-state index contributed by atoms with van der Waals surface area (Å²) in [6, 6.07) is 8.96. The van der Waals surface area contributed by atoms with Gasteiger partial charge in [0.05, 0.1) is 17.9 Å². The Morgan fingerprint density at radius 3 is 2.83 bits per heavy atom. The summed E-state index contributed by atoms with van der Waals surface area (Å²) in [5.41, 5.74) is 7.94. The number of aromatic nitrogens is 5. The maximum Gasteiger partial charge on any atom is 0.326 e. The van der Waals surface area contributed by atoms with Gasteiger partial charge < -0.3 is 15.8 Å². The van der Waals surface area contributed by atoms with E-state index in [9.17, 15) is 14.7 Å². The first-order chi connectivity index (χ1) is 14.5. The highest BCUT2D eigenvalue weighted by molar-refractivity contribution is 5.94. The van der Waals surface area contributed by atoms with Crippen molar-refractivity contribution in [3.63, 3.8) is 0 Å². The summed E-state index contributed by atoms with van der Waals surface area (Å²) in [4.78, 5) is 37.2. The molecule has 30 heavy (non-hydrogen) atoms. The van der Waals surface area contributed by atoms with Crippen molar-refractivity contribution in [2.45, 2.75) is 18.9 Å². The third kappa shape index (κ3) is 3.24. The van der Waals surface area contributed by atoms with E-state index in [0.717, 1.165) is 12.8 Å². The number of nitrogens with two attached hydrogens (primary N) is 1. The number of hydrogen-bond donors (Lipinski definition) is 4. The molecule has 1 aliphatic rings. The number of benzene rings is 1. The molecule has 0 saturated heterocycles. The number of fused-ring (bicyclic) bond motifs is 1. The van der Waals surface area contributed by atoms with E-state index in [-0.39, 0.29) is 17.6 Å². The Bertz CT molecular complexity index is 1470. The molecule has 5 N–H and O–H groups in total. The number of imidazole rings is 1. The van der Waals surface area contributed by atoms with Gasteiger partial charge in [-0.15, -0.1) is 0 Å². The van der Waals surface area contributed by atoms with Crippen LogP contribution in [-0.2, 0) is 0 Å². The lowest BCUT2D eigenvalue weighted by atomic mass is 10.1. The van der Waals surface area contributed by atoms with Crippen LogP contribution in [0.3, 0.4) is 0 Å². The molecular formula is C20H17N7O3. The molecular weight excluding hydrogens is 386 g/mol. The van der Waals surface area contributed by atoms with Crippen LogP contribution >= 0.6 is 0 Å². The van der Waals surface area contributed by atoms with Crippen molar-refractivity contribution < 1.29 is 9.90 Å². The molecule has 1 aromatic carbocycles. The molecule has 1 saturated carbocycles. The maximum atomic E-state index is 11.6. The van der Waals surface area contributed by atoms with E-state index in [1.54, 1.807) is 35.0 Å². The zero-order valence-corrected chi connectivity index (χ0v) is 15.7. The minimum atomic E-state index is -0.522. The smallest absolute Gasteiger partial charge is 0.326 e. The molecule has 5 rings (SSSR count). The number of aromatic hydroxyl groups is 1. The molecule has 1 aliphatic carbocycles. The van der Waals surface area contributed by atoms with Gasteiger partial charge in [0.2, 0.25) is 11.8 Å². The molecule has 0 bridgehead atoms. The van der Waals surface area contributed by atoms with Crippen LogP contribution in [0, 0.1) is 0 Å². The Morgan fingerprint density at radius 2 is 2.13 bits per heavy atom. The van der Waals surface area contributed by atoms with Crippen molar-refractivity contribution in [1.82, 2.24) is 24.6 Å². The fourth-order valence-electron chi connectivity index (χ4n) is 3.18. The van der Waals surface area contributed by atoms with Crippen LogP contribution in [-0.4, -0.2) is 41.6 Å².